The maximum absolute atomic E-state index is 5.49. The lowest BCUT2D eigenvalue weighted by Gasteiger charge is -2.41. The second-order valence-corrected chi connectivity index (χ2v) is 5.66. The van der Waals surface area contributed by atoms with E-state index in [9.17, 15) is 0 Å². The van der Waals surface area contributed by atoms with Crippen molar-refractivity contribution in [2.75, 3.05) is 46.4 Å². The number of ether oxygens (including phenoxy) is 1. The average molecular weight is 256 g/mol. The lowest BCUT2D eigenvalue weighted by Crippen LogP contribution is -2.45. The van der Waals surface area contributed by atoms with Crippen molar-refractivity contribution >= 4 is 0 Å². The van der Waals surface area contributed by atoms with E-state index >= 15 is 0 Å². The fourth-order valence-electron chi connectivity index (χ4n) is 3.23. The lowest BCUT2D eigenvalue weighted by molar-refractivity contribution is 0.0716. The molecule has 1 rings (SSSR count). The van der Waals surface area contributed by atoms with Gasteiger partial charge in [-0.3, -0.25) is 0 Å². The molecular weight excluding hydrogens is 224 g/mol. The van der Waals surface area contributed by atoms with Crippen LogP contribution in [0, 0.1) is 5.41 Å². The summed E-state index contributed by atoms with van der Waals surface area (Å²) < 4.78 is 5.49. The zero-order chi connectivity index (χ0) is 13.3. The molecule has 0 amide bonds. The first-order valence-electron chi connectivity index (χ1n) is 7.71. The number of rotatable bonds is 9. The molecule has 1 saturated carbocycles. The SMILES string of the molecule is CCOCCN(CC)CC1(CNC)CCCCC1. The van der Waals surface area contributed by atoms with Crippen LogP contribution < -0.4 is 5.32 Å². The number of nitrogens with zero attached hydrogens (tertiary/aromatic N) is 1. The molecule has 1 aliphatic rings. The smallest absolute Gasteiger partial charge is 0.0593 e. The summed E-state index contributed by atoms with van der Waals surface area (Å²) in [6.45, 7) is 10.7. The highest BCUT2D eigenvalue weighted by atomic mass is 16.5. The van der Waals surface area contributed by atoms with Gasteiger partial charge >= 0.3 is 0 Å². The van der Waals surface area contributed by atoms with Crippen molar-refractivity contribution in [2.24, 2.45) is 5.41 Å². The van der Waals surface area contributed by atoms with Gasteiger partial charge in [0.2, 0.25) is 0 Å². The summed E-state index contributed by atoms with van der Waals surface area (Å²) in [4.78, 5) is 2.57. The molecule has 0 spiro atoms. The van der Waals surface area contributed by atoms with E-state index in [1.54, 1.807) is 0 Å². The van der Waals surface area contributed by atoms with Crippen LogP contribution in [-0.4, -0.2) is 51.3 Å². The van der Waals surface area contributed by atoms with E-state index < -0.39 is 0 Å². The fraction of sp³-hybridized carbons (Fsp3) is 1.00. The standard InChI is InChI=1S/C15H32N2O/c1-4-17(11-12-18-5-2)14-15(13-16-3)9-7-6-8-10-15/h16H,4-14H2,1-3H3. The number of hydrogen-bond acceptors (Lipinski definition) is 3. The molecule has 3 nitrogen and oxygen atoms in total. The maximum atomic E-state index is 5.49. The van der Waals surface area contributed by atoms with E-state index in [-0.39, 0.29) is 0 Å². The van der Waals surface area contributed by atoms with Gasteiger partial charge in [-0.1, -0.05) is 26.2 Å². The van der Waals surface area contributed by atoms with Crippen molar-refractivity contribution in [2.45, 2.75) is 46.0 Å². The molecule has 108 valence electrons. The highest BCUT2D eigenvalue weighted by Crippen LogP contribution is 2.36. The summed E-state index contributed by atoms with van der Waals surface area (Å²) in [6.07, 6.45) is 7.02. The van der Waals surface area contributed by atoms with Gasteiger partial charge in [-0.25, -0.2) is 0 Å². The van der Waals surface area contributed by atoms with Gasteiger partial charge in [0.15, 0.2) is 0 Å². The Morgan fingerprint density at radius 2 is 1.89 bits per heavy atom. The summed E-state index contributed by atoms with van der Waals surface area (Å²) in [7, 11) is 2.09. The molecule has 0 atom stereocenters. The molecule has 1 fully saturated rings. The van der Waals surface area contributed by atoms with Crippen LogP contribution >= 0.6 is 0 Å². The van der Waals surface area contributed by atoms with E-state index in [0.717, 1.165) is 32.8 Å². The highest BCUT2D eigenvalue weighted by molar-refractivity contribution is 4.87. The largest absolute Gasteiger partial charge is 0.380 e. The number of likely N-dealkylation sites (N-methyl/N-ethyl adjacent to an activating group) is 1. The molecule has 0 bridgehead atoms. The van der Waals surface area contributed by atoms with Gasteiger partial charge in [0.05, 0.1) is 6.61 Å². The Bertz CT molecular complexity index is 197. The molecule has 1 N–H and O–H groups in total. The molecule has 0 aromatic rings. The molecule has 0 saturated heterocycles. The van der Waals surface area contributed by atoms with Crippen molar-refractivity contribution in [3.05, 3.63) is 0 Å². The number of nitrogens with one attached hydrogen (secondary N) is 1. The third-order valence-electron chi connectivity index (χ3n) is 4.23. The third-order valence-corrected chi connectivity index (χ3v) is 4.23. The monoisotopic (exact) mass is 256 g/mol. The predicted octanol–water partition coefficient (Wildman–Crippen LogP) is 2.51. The van der Waals surface area contributed by atoms with Gasteiger partial charge in [0.25, 0.3) is 0 Å². The van der Waals surface area contributed by atoms with Crippen LogP contribution in [0.3, 0.4) is 0 Å². The van der Waals surface area contributed by atoms with Crippen molar-refractivity contribution in [3.63, 3.8) is 0 Å². The zero-order valence-corrected chi connectivity index (χ0v) is 12.6. The van der Waals surface area contributed by atoms with Gasteiger partial charge in [-0.15, -0.1) is 0 Å². The van der Waals surface area contributed by atoms with E-state index in [0.29, 0.717) is 5.41 Å². The van der Waals surface area contributed by atoms with Crippen molar-refractivity contribution in [1.29, 1.82) is 0 Å². The minimum Gasteiger partial charge on any atom is -0.380 e. The topological polar surface area (TPSA) is 24.5 Å². The van der Waals surface area contributed by atoms with E-state index in [1.807, 2.05) is 0 Å². The summed E-state index contributed by atoms with van der Waals surface area (Å²) in [5, 5.41) is 3.42. The summed E-state index contributed by atoms with van der Waals surface area (Å²) in [6, 6.07) is 0. The van der Waals surface area contributed by atoms with Crippen molar-refractivity contribution in [1.82, 2.24) is 10.2 Å². The van der Waals surface area contributed by atoms with Gasteiger partial charge in [-0.05, 0) is 38.8 Å². The summed E-state index contributed by atoms with van der Waals surface area (Å²) >= 11 is 0. The molecule has 0 radical (unpaired) electrons. The molecule has 0 unspecified atom stereocenters. The predicted molar refractivity (Wildman–Crippen MR) is 78.1 cm³/mol. The van der Waals surface area contributed by atoms with Crippen LogP contribution in [0.5, 0.6) is 0 Å². The van der Waals surface area contributed by atoms with Crippen molar-refractivity contribution in [3.8, 4) is 0 Å². The van der Waals surface area contributed by atoms with Crippen LogP contribution in [0.25, 0.3) is 0 Å². The maximum Gasteiger partial charge on any atom is 0.0593 e. The van der Waals surface area contributed by atoms with Gasteiger partial charge in [0.1, 0.15) is 0 Å². The highest BCUT2D eigenvalue weighted by Gasteiger charge is 2.32. The Labute approximate surface area is 113 Å². The second kappa shape index (κ2) is 8.89. The molecule has 0 heterocycles. The molecule has 0 aliphatic heterocycles. The molecular formula is C15H32N2O. The molecule has 0 aromatic heterocycles. The summed E-state index contributed by atoms with van der Waals surface area (Å²) in [5.41, 5.74) is 0.509. The Morgan fingerprint density at radius 3 is 2.44 bits per heavy atom. The van der Waals surface area contributed by atoms with Crippen LogP contribution in [0.1, 0.15) is 46.0 Å². The van der Waals surface area contributed by atoms with Crippen LogP contribution in [0.15, 0.2) is 0 Å². The first kappa shape index (κ1) is 15.9. The summed E-state index contributed by atoms with van der Waals surface area (Å²) in [5.74, 6) is 0. The molecule has 1 aliphatic carbocycles. The van der Waals surface area contributed by atoms with E-state index in [2.05, 4.69) is 31.1 Å². The van der Waals surface area contributed by atoms with Crippen molar-refractivity contribution < 1.29 is 4.74 Å². The molecule has 18 heavy (non-hydrogen) atoms. The Hall–Kier alpha value is -0.120. The van der Waals surface area contributed by atoms with Crippen LogP contribution in [0.4, 0.5) is 0 Å². The minimum absolute atomic E-state index is 0.509. The third kappa shape index (κ3) is 5.25. The Kier molecular flexibility index (Phi) is 7.87. The van der Waals surface area contributed by atoms with Crippen LogP contribution in [0.2, 0.25) is 0 Å². The second-order valence-electron chi connectivity index (χ2n) is 5.66. The van der Waals surface area contributed by atoms with Gasteiger partial charge in [-0.2, -0.15) is 0 Å². The lowest BCUT2D eigenvalue weighted by atomic mass is 9.73. The quantitative estimate of drug-likeness (QED) is 0.642. The Balaban J connectivity index is 2.45. The number of hydrogen-bond donors (Lipinski definition) is 1. The minimum atomic E-state index is 0.509. The average Bonchev–Trinajstić information content (AvgIpc) is 2.39. The first-order valence-corrected chi connectivity index (χ1v) is 7.71. The van der Waals surface area contributed by atoms with E-state index in [1.165, 1.54) is 38.6 Å². The Morgan fingerprint density at radius 1 is 1.17 bits per heavy atom. The van der Waals surface area contributed by atoms with Gasteiger partial charge in [0, 0.05) is 26.2 Å². The normalized spacial score (nSPS) is 19.3. The zero-order valence-electron chi connectivity index (χ0n) is 12.6. The fourth-order valence-corrected chi connectivity index (χ4v) is 3.23. The van der Waals surface area contributed by atoms with E-state index in [4.69, 9.17) is 4.74 Å². The molecule has 3 heteroatoms. The first-order chi connectivity index (χ1) is 8.76. The van der Waals surface area contributed by atoms with Gasteiger partial charge < -0.3 is 15.0 Å². The van der Waals surface area contributed by atoms with Crippen LogP contribution in [-0.2, 0) is 4.74 Å². The molecule has 0 aromatic carbocycles.